The molecule has 1 atom stereocenters. The Bertz CT molecular complexity index is 396. The van der Waals surface area contributed by atoms with E-state index >= 15 is 0 Å². The summed E-state index contributed by atoms with van der Waals surface area (Å²) in [6.07, 6.45) is 3.84. The lowest BCUT2D eigenvalue weighted by Crippen LogP contribution is -2.25. The van der Waals surface area contributed by atoms with Gasteiger partial charge in [0.15, 0.2) is 0 Å². The molecule has 0 N–H and O–H groups in total. The van der Waals surface area contributed by atoms with E-state index in [0.29, 0.717) is 0 Å². The summed E-state index contributed by atoms with van der Waals surface area (Å²) in [4.78, 5) is 0. The van der Waals surface area contributed by atoms with Gasteiger partial charge in [-0.05, 0) is 57.0 Å². The van der Waals surface area contributed by atoms with E-state index in [9.17, 15) is 4.55 Å². The molecule has 0 unspecified atom stereocenters. The van der Waals surface area contributed by atoms with Crippen molar-refractivity contribution in [2.75, 3.05) is 6.61 Å². The van der Waals surface area contributed by atoms with Crippen molar-refractivity contribution in [1.82, 2.24) is 0 Å². The van der Waals surface area contributed by atoms with Gasteiger partial charge in [-0.2, -0.15) is 0 Å². The molecule has 3 nitrogen and oxygen atoms in total. The Balaban J connectivity index is 2.54. The molecule has 0 aliphatic rings. The second-order valence-corrected chi connectivity index (χ2v) is 7.30. The Labute approximate surface area is 119 Å². The molecule has 0 radical (unpaired) electrons. The molecule has 0 saturated heterocycles. The maximum atomic E-state index is 11.8. The zero-order valence-electron chi connectivity index (χ0n) is 12.2. The smallest absolute Gasteiger partial charge is 0.144 e. The molecule has 1 aromatic carbocycles. The highest BCUT2D eigenvalue weighted by molar-refractivity contribution is 7.91. The van der Waals surface area contributed by atoms with Crippen molar-refractivity contribution in [1.29, 1.82) is 0 Å². The van der Waals surface area contributed by atoms with E-state index in [1.54, 1.807) is 6.21 Å². The standard InChI is InChI=1S/C15H23NO2S/c1-5-6-11-18-14-9-7-13(8-10-14)12-16-19(17)15(2,3)4/h7-10,12H,5-6,11H2,1-4H3/b16-12+/t19-/m0/s1. The lowest BCUT2D eigenvalue weighted by molar-refractivity contribution is 0.309. The zero-order chi connectivity index (χ0) is 14.3. The first-order chi connectivity index (χ1) is 8.93. The molecule has 106 valence electrons. The van der Waals surface area contributed by atoms with Crippen LogP contribution in [-0.2, 0) is 11.4 Å². The molecule has 0 heterocycles. The second-order valence-electron chi connectivity index (χ2n) is 5.37. The number of unbranched alkanes of at least 4 members (excludes halogenated alkanes) is 1. The van der Waals surface area contributed by atoms with Crippen LogP contribution in [0.5, 0.6) is 5.75 Å². The average molecular weight is 281 g/mol. The molecular formula is C15H23NO2S. The van der Waals surface area contributed by atoms with Gasteiger partial charge in [0.1, 0.15) is 21.9 Å². The maximum Gasteiger partial charge on any atom is 0.144 e. The third kappa shape index (κ3) is 6.12. The van der Waals surface area contributed by atoms with E-state index in [-0.39, 0.29) is 4.75 Å². The van der Waals surface area contributed by atoms with E-state index in [1.807, 2.05) is 45.0 Å². The molecule has 19 heavy (non-hydrogen) atoms. The highest BCUT2D eigenvalue weighted by atomic mass is 32.2. The number of rotatable bonds is 6. The molecule has 0 fully saturated rings. The van der Waals surface area contributed by atoms with Crippen LogP contribution < -0.4 is 4.74 Å². The van der Waals surface area contributed by atoms with Crippen LogP contribution in [0.1, 0.15) is 46.1 Å². The normalized spacial score (nSPS) is 13.7. The van der Waals surface area contributed by atoms with Crippen LogP contribution in [0.4, 0.5) is 0 Å². The molecule has 1 aromatic rings. The summed E-state index contributed by atoms with van der Waals surface area (Å²) in [5.41, 5.74) is 0.931. The van der Waals surface area contributed by atoms with Crippen LogP contribution in [0.3, 0.4) is 0 Å². The molecular weight excluding hydrogens is 258 g/mol. The molecule has 0 saturated carbocycles. The van der Waals surface area contributed by atoms with E-state index in [2.05, 4.69) is 11.3 Å². The number of hydrogen-bond donors (Lipinski definition) is 0. The van der Waals surface area contributed by atoms with Gasteiger partial charge < -0.3 is 9.29 Å². The Morgan fingerprint density at radius 2 is 1.89 bits per heavy atom. The molecule has 1 rings (SSSR count). The van der Waals surface area contributed by atoms with E-state index in [4.69, 9.17) is 4.74 Å². The molecule has 4 heteroatoms. The predicted molar refractivity (Wildman–Crippen MR) is 82.3 cm³/mol. The first-order valence-electron chi connectivity index (χ1n) is 6.62. The fraction of sp³-hybridized carbons (Fsp3) is 0.533. The minimum absolute atomic E-state index is 0.320. The van der Waals surface area contributed by atoms with Crippen molar-refractivity contribution < 1.29 is 9.29 Å². The number of ether oxygens (including phenoxy) is 1. The summed E-state index contributed by atoms with van der Waals surface area (Å²) < 4.78 is 21.1. The minimum Gasteiger partial charge on any atom is -0.591 e. The van der Waals surface area contributed by atoms with Crippen LogP contribution in [-0.4, -0.2) is 22.1 Å². The average Bonchev–Trinajstić information content (AvgIpc) is 2.36. The number of nitrogens with zero attached hydrogens (tertiary/aromatic N) is 1. The van der Waals surface area contributed by atoms with Crippen molar-refractivity contribution in [3.8, 4) is 5.75 Å². The van der Waals surface area contributed by atoms with Crippen LogP contribution in [0.15, 0.2) is 28.7 Å². The van der Waals surface area contributed by atoms with Crippen molar-refractivity contribution in [3.63, 3.8) is 0 Å². The maximum absolute atomic E-state index is 11.8. The van der Waals surface area contributed by atoms with Crippen LogP contribution in [0, 0.1) is 0 Å². The van der Waals surface area contributed by atoms with Crippen LogP contribution in [0.2, 0.25) is 0 Å². The van der Waals surface area contributed by atoms with Gasteiger partial charge in [0.05, 0.1) is 12.8 Å². The summed E-state index contributed by atoms with van der Waals surface area (Å²) in [6.45, 7) is 8.61. The van der Waals surface area contributed by atoms with E-state index < -0.39 is 11.4 Å². The lowest BCUT2D eigenvalue weighted by atomic mass is 10.2. The Morgan fingerprint density at radius 1 is 1.26 bits per heavy atom. The minimum atomic E-state index is -1.21. The summed E-state index contributed by atoms with van der Waals surface area (Å²) in [7, 11) is 0. The Morgan fingerprint density at radius 3 is 2.42 bits per heavy atom. The first-order valence-corrected chi connectivity index (χ1v) is 7.73. The van der Waals surface area contributed by atoms with Gasteiger partial charge in [0.25, 0.3) is 0 Å². The van der Waals surface area contributed by atoms with Gasteiger partial charge in [0, 0.05) is 0 Å². The Kier molecular flexibility index (Phi) is 6.38. The van der Waals surface area contributed by atoms with Crippen LogP contribution in [0.25, 0.3) is 0 Å². The van der Waals surface area contributed by atoms with Gasteiger partial charge in [-0.25, -0.2) is 0 Å². The molecule has 0 aliphatic carbocycles. The third-order valence-corrected chi connectivity index (χ3v) is 3.81. The van der Waals surface area contributed by atoms with Gasteiger partial charge in [-0.3, -0.25) is 0 Å². The van der Waals surface area contributed by atoms with E-state index in [0.717, 1.165) is 30.8 Å². The fourth-order valence-electron chi connectivity index (χ4n) is 1.25. The highest BCUT2D eigenvalue weighted by Gasteiger charge is 2.25. The van der Waals surface area contributed by atoms with Crippen molar-refractivity contribution in [3.05, 3.63) is 29.8 Å². The predicted octanol–water partition coefficient (Wildman–Crippen LogP) is 3.75. The summed E-state index contributed by atoms with van der Waals surface area (Å²) in [5, 5.41) is 0. The van der Waals surface area contributed by atoms with Gasteiger partial charge >= 0.3 is 0 Å². The summed E-state index contributed by atoms with van der Waals surface area (Å²) in [6, 6.07) is 7.67. The second kappa shape index (κ2) is 7.56. The third-order valence-electron chi connectivity index (χ3n) is 2.47. The lowest BCUT2D eigenvalue weighted by Gasteiger charge is -2.17. The van der Waals surface area contributed by atoms with Gasteiger partial charge in [0.2, 0.25) is 0 Å². The van der Waals surface area contributed by atoms with E-state index in [1.165, 1.54) is 0 Å². The molecule has 0 bridgehead atoms. The fourth-order valence-corrected chi connectivity index (χ4v) is 1.78. The molecule has 0 aliphatic heterocycles. The monoisotopic (exact) mass is 281 g/mol. The SMILES string of the molecule is CCCCOc1ccc(/C=N/[S@@+]([O-])C(C)(C)C)cc1. The summed E-state index contributed by atoms with van der Waals surface area (Å²) >= 11 is -1.21. The number of hydrogen-bond acceptors (Lipinski definition) is 3. The van der Waals surface area contributed by atoms with Gasteiger partial charge in [-0.15, -0.1) is 0 Å². The summed E-state index contributed by atoms with van der Waals surface area (Å²) in [5.74, 6) is 0.863. The van der Waals surface area contributed by atoms with Crippen molar-refractivity contribution >= 4 is 17.6 Å². The van der Waals surface area contributed by atoms with Crippen molar-refractivity contribution in [2.24, 2.45) is 4.40 Å². The first kappa shape index (κ1) is 16.1. The zero-order valence-corrected chi connectivity index (χ0v) is 13.0. The van der Waals surface area contributed by atoms with Gasteiger partial charge in [-0.1, -0.05) is 17.7 Å². The quantitative estimate of drug-likeness (QED) is 0.453. The number of benzene rings is 1. The van der Waals surface area contributed by atoms with Crippen molar-refractivity contribution in [2.45, 2.75) is 45.3 Å². The van der Waals surface area contributed by atoms with Crippen LogP contribution >= 0.6 is 0 Å². The molecule has 0 aromatic heterocycles. The topological polar surface area (TPSA) is 44.6 Å². The molecule has 0 spiro atoms. The molecule has 0 amide bonds. The Hall–Kier alpha value is -1.00. The highest BCUT2D eigenvalue weighted by Crippen LogP contribution is 2.17. The largest absolute Gasteiger partial charge is 0.591 e.